The van der Waals surface area contributed by atoms with Crippen LogP contribution in [0.3, 0.4) is 0 Å². The lowest BCUT2D eigenvalue weighted by Gasteiger charge is -2.23. The molecule has 2 N–H and O–H groups in total. The van der Waals surface area contributed by atoms with Gasteiger partial charge in [-0.25, -0.2) is 4.79 Å². The van der Waals surface area contributed by atoms with E-state index in [0.717, 1.165) is 24.0 Å². The topological polar surface area (TPSA) is 95.9 Å². The lowest BCUT2D eigenvalue weighted by Crippen LogP contribution is -2.40. The Kier molecular flexibility index (Phi) is 9.70. The lowest BCUT2D eigenvalue weighted by molar-refractivity contribution is -0.137. The van der Waals surface area contributed by atoms with Crippen LogP contribution in [-0.4, -0.2) is 54.2 Å². The van der Waals surface area contributed by atoms with Gasteiger partial charge in [0.2, 0.25) is 5.91 Å². The maximum Gasteiger partial charge on any atom is 0.407 e. The quantitative estimate of drug-likeness (QED) is 0.385. The van der Waals surface area contributed by atoms with Crippen LogP contribution in [0.4, 0.5) is 4.79 Å². The number of carboxylic acid groups (broad SMARTS) is 1. The van der Waals surface area contributed by atoms with Crippen LogP contribution in [0.25, 0.3) is 11.1 Å². The number of rotatable bonds is 13. The number of benzene rings is 2. The zero-order valence-electron chi connectivity index (χ0n) is 20.7. The van der Waals surface area contributed by atoms with Crippen molar-refractivity contribution in [3.63, 3.8) is 0 Å². The summed E-state index contributed by atoms with van der Waals surface area (Å²) in [6.45, 7) is 2.80. The monoisotopic (exact) mass is 480 g/mol. The van der Waals surface area contributed by atoms with Crippen molar-refractivity contribution in [1.82, 2.24) is 10.2 Å². The summed E-state index contributed by atoms with van der Waals surface area (Å²) in [4.78, 5) is 37.7. The number of nitrogens with one attached hydrogen (secondary N) is 1. The summed E-state index contributed by atoms with van der Waals surface area (Å²) in [5.41, 5.74) is 4.66. The number of nitrogens with zero attached hydrogens (tertiary/aromatic N) is 1. The van der Waals surface area contributed by atoms with Gasteiger partial charge in [-0.3, -0.25) is 9.59 Å². The summed E-state index contributed by atoms with van der Waals surface area (Å²) in [7, 11) is 1.72. The van der Waals surface area contributed by atoms with Gasteiger partial charge in [-0.1, -0.05) is 68.3 Å². The highest BCUT2D eigenvalue weighted by molar-refractivity contribution is 5.79. The second kappa shape index (κ2) is 12.9. The summed E-state index contributed by atoms with van der Waals surface area (Å²) in [6, 6.07) is 16.1. The number of aliphatic carboxylic acids is 1. The van der Waals surface area contributed by atoms with Crippen LogP contribution >= 0.6 is 0 Å². The van der Waals surface area contributed by atoms with Crippen LogP contribution in [0.5, 0.6) is 0 Å². The zero-order valence-corrected chi connectivity index (χ0v) is 20.7. The third kappa shape index (κ3) is 7.31. The Labute approximate surface area is 207 Å². The Balaban J connectivity index is 1.54. The number of amides is 2. The molecule has 0 unspecified atom stereocenters. The summed E-state index contributed by atoms with van der Waals surface area (Å²) < 4.78 is 5.66. The second-order valence-corrected chi connectivity index (χ2v) is 9.18. The van der Waals surface area contributed by atoms with E-state index in [9.17, 15) is 14.4 Å². The number of hydrogen-bond acceptors (Lipinski definition) is 4. The standard InChI is InChI=1S/C28H36N2O5/c1-3-4-11-20(18-26(31)30(2)17-10-9-16-27(32)33)29-28(34)35-19-25-23-14-7-5-12-21(23)22-13-6-8-15-24(22)25/h5-8,12-15,20,25H,3-4,9-11,16-19H2,1-2H3,(H,29,34)(H,32,33)/t20-/m1/s1. The van der Waals surface area contributed by atoms with Gasteiger partial charge in [0.1, 0.15) is 6.61 Å². The van der Waals surface area contributed by atoms with E-state index in [1.807, 2.05) is 24.3 Å². The Morgan fingerprint density at radius 2 is 1.63 bits per heavy atom. The summed E-state index contributed by atoms with van der Waals surface area (Å²) in [6.07, 6.45) is 3.50. The van der Waals surface area contributed by atoms with Crippen molar-refractivity contribution in [3.8, 4) is 11.1 Å². The largest absolute Gasteiger partial charge is 0.481 e. The van der Waals surface area contributed by atoms with E-state index in [4.69, 9.17) is 9.84 Å². The van der Waals surface area contributed by atoms with Crippen molar-refractivity contribution in [2.24, 2.45) is 0 Å². The third-order valence-corrected chi connectivity index (χ3v) is 6.55. The van der Waals surface area contributed by atoms with Gasteiger partial charge in [-0.05, 0) is 41.5 Å². The Morgan fingerprint density at radius 1 is 1.00 bits per heavy atom. The Hall–Kier alpha value is -3.35. The van der Waals surface area contributed by atoms with Crippen molar-refractivity contribution in [1.29, 1.82) is 0 Å². The van der Waals surface area contributed by atoms with Gasteiger partial charge in [-0.2, -0.15) is 0 Å². The number of unbranched alkanes of at least 4 members (excludes halogenated alkanes) is 2. The molecule has 0 aromatic heterocycles. The molecule has 0 radical (unpaired) electrons. The lowest BCUT2D eigenvalue weighted by atomic mass is 9.98. The van der Waals surface area contributed by atoms with Crippen LogP contribution in [0.15, 0.2) is 48.5 Å². The molecule has 7 heteroatoms. The molecule has 1 atom stereocenters. The van der Waals surface area contributed by atoms with E-state index in [0.29, 0.717) is 25.8 Å². The maximum atomic E-state index is 12.7. The van der Waals surface area contributed by atoms with Crippen molar-refractivity contribution in [3.05, 3.63) is 59.7 Å². The number of alkyl carbamates (subject to hydrolysis) is 1. The second-order valence-electron chi connectivity index (χ2n) is 9.18. The highest BCUT2D eigenvalue weighted by Gasteiger charge is 2.29. The fourth-order valence-electron chi connectivity index (χ4n) is 4.60. The molecular weight excluding hydrogens is 444 g/mol. The van der Waals surface area contributed by atoms with Crippen LogP contribution < -0.4 is 5.32 Å². The highest BCUT2D eigenvalue weighted by atomic mass is 16.5. The molecule has 3 rings (SSSR count). The van der Waals surface area contributed by atoms with Crippen LogP contribution in [0.2, 0.25) is 0 Å². The SMILES string of the molecule is CCCC[C@H](CC(=O)N(C)CCCCC(=O)O)NC(=O)OCC1c2ccccc2-c2ccccc21. The van der Waals surface area contributed by atoms with Gasteiger partial charge >= 0.3 is 12.1 Å². The molecule has 0 spiro atoms. The molecule has 188 valence electrons. The molecule has 0 aliphatic heterocycles. The van der Waals surface area contributed by atoms with Crippen LogP contribution in [0.1, 0.15) is 68.9 Å². The fraction of sp³-hybridized carbons (Fsp3) is 0.464. The van der Waals surface area contributed by atoms with Gasteiger partial charge < -0.3 is 20.1 Å². The van der Waals surface area contributed by atoms with E-state index in [1.165, 1.54) is 11.1 Å². The van der Waals surface area contributed by atoms with Gasteiger partial charge in [0, 0.05) is 38.4 Å². The number of ether oxygens (including phenoxy) is 1. The molecule has 1 aliphatic rings. The van der Waals surface area contributed by atoms with E-state index >= 15 is 0 Å². The smallest absolute Gasteiger partial charge is 0.407 e. The molecular formula is C28H36N2O5. The first-order valence-corrected chi connectivity index (χ1v) is 12.5. The van der Waals surface area contributed by atoms with Gasteiger partial charge in [0.15, 0.2) is 0 Å². The van der Waals surface area contributed by atoms with E-state index in [1.54, 1.807) is 11.9 Å². The molecule has 1 aliphatic carbocycles. The van der Waals surface area contributed by atoms with Crippen molar-refractivity contribution >= 4 is 18.0 Å². The normalized spacial score (nSPS) is 13.0. The van der Waals surface area contributed by atoms with E-state index in [2.05, 4.69) is 36.5 Å². The maximum absolute atomic E-state index is 12.7. The highest BCUT2D eigenvalue weighted by Crippen LogP contribution is 2.44. The van der Waals surface area contributed by atoms with Crippen molar-refractivity contribution in [2.75, 3.05) is 20.2 Å². The Bertz CT molecular complexity index is 976. The third-order valence-electron chi connectivity index (χ3n) is 6.55. The predicted octanol–water partition coefficient (Wildman–Crippen LogP) is 5.19. The van der Waals surface area contributed by atoms with Gasteiger partial charge in [0.05, 0.1) is 0 Å². The number of hydrogen-bond donors (Lipinski definition) is 2. The first-order chi connectivity index (χ1) is 16.9. The number of carbonyl (C=O) groups is 3. The van der Waals surface area contributed by atoms with Crippen molar-refractivity contribution < 1.29 is 24.2 Å². The summed E-state index contributed by atoms with van der Waals surface area (Å²) >= 11 is 0. The molecule has 35 heavy (non-hydrogen) atoms. The number of carboxylic acids is 1. The summed E-state index contributed by atoms with van der Waals surface area (Å²) in [5, 5.41) is 11.7. The average Bonchev–Trinajstić information content (AvgIpc) is 3.17. The van der Waals surface area contributed by atoms with E-state index in [-0.39, 0.29) is 37.3 Å². The summed E-state index contributed by atoms with van der Waals surface area (Å²) in [5.74, 6) is -0.910. The van der Waals surface area contributed by atoms with Crippen LogP contribution in [-0.2, 0) is 14.3 Å². The number of fused-ring (bicyclic) bond motifs is 3. The molecule has 2 amide bonds. The molecule has 0 bridgehead atoms. The molecule has 0 saturated carbocycles. The minimum Gasteiger partial charge on any atom is -0.481 e. The molecule has 0 heterocycles. The molecule has 0 fully saturated rings. The number of carbonyl (C=O) groups excluding carboxylic acids is 2. The average molecular weight is 481 g/mol. The fourth-order valence-corrected chi connectivity index (χ4v) is 4.60. The molecule has 2 aromatic carbocycles. The van der Waals surface area contributed by atoms with Crippen LogP contribution in [0, 0.1) is 0 Å². The molecule has 0 saturated heterocycles. The minimum absolute atomic E-state index is 0.0131. The minimum atomic E-state index is -0.828. The first-order valence-electron chi connectivity index (χ1n) is 12.5. The molecule has 7 nitrogen and oxygen atoms in total. The zero-order chi connectivity index (χ0) is 25.2. The first kappa shape index (κ1) is 26.3. The van der Waals surface area contributed by atoms with Gasteiger partial charge in [-0.15, -0.1) is 0 Å². The van der Waals surface area contributed by atoms with E-state index < -0.39 is 12.1 Å². The molecule has 2 aromatic rings. The predicted molar refractivity (Wildman–Crippen MR) is 135 cm³/mol. The van der Waals surface area contributed by atoms with Gasteiger partial charge in [0.25, 0.3) is 0 Å². The van der Waals surface area contributed by atoms with Crippen molar-refractivity contribution in [2.45, 2.75) is 63.8 Å². The Morgan fingerprint density at radius 3 is 2.23 bits per heavy atom.